The van der Waals surface area contributed by atoms with E-state index in [0.717, 1.165) is 5.57 Å². The van der Waals surface area contributed by atoms with Crippen LogP contribution >= 0.6 is 0 Å². The van der Waals surface area contributed by atoms with E-state index in [2.05, 4.69) is 0 Å². The molecule has 1 aliphatic rings. The van der Waals surface area contributed by atoms with Crippen LogP contribution in [-0.2, 0) is 9.47 Å². The molecule has 0 bridgehead atoms. The van der Waals surface area contributed by atoms with Crippen LogP contribution in [0.5, 0.6) is 0 Å². The van der Waals surface area contributed by atoms with Crippen molar-refractivity contribution >= 4 is 5.78 Å². The molecule has 0 aromatic heterocycles. The number of hydrogen-bond donors (Lipinski definition) is 1. The van der Waals surface area contributed by atoms with Gasteiger partial charge in [-0.2, -0.15) is 0 Å². The number of carbonyl (C=O) groups excluding carboxylic acids is 1. The second-order valence-corrected chi connectivity index (χ2v) is 5.14. The van der Waals surface area contributed by atoms with Crippen molar-refractivity contribution in [2.24, 2.45) is 0 Å². The van der Waals surface area contributed by atoms with E-state index in [1.807, 2.05) is 18.2 Å². The van der Waals surface area contributed by atoms with Gasteiger partial charge in [-0.15, -0.1) is 0 Å². The van der Waals surface area contributed by atoms with Crippen molar-refractivity contribution in [3.8, 4) is 0 Å². The van der Waals surface area contributed by atoms with Gasteiger partial charge < -0.3 is 14.6 Å². The lowest BCUT2D eigenvalue weighted by molar-refractivity contribution is -0.159. The number of allylic oxidation sites excluding steroid dienone is 4. The van der Waals surface area contributed by atoms with E-state index in [0.29, 0.717) is 16.9 Å². The van der Waals surface area contributed by atoms with Crippen molar-refractivity contribution in [3.05, 3.63) is 71.0 Å². The van der Waals surface area contributed by atoms with E-state index in [1.54, 1.807) is 31.2 Å². The number of hydrogen-bond acceptors (Lipinski definition) is 4. The maximum absolute atomic E-state index is 12.1. The van der Waals surface area contributed by atoms with Gasteiger partial charge in [0.2, 0.25) is 0 Å². The summed E-state index contributed by atoms with van der Waals surface area (Å²) in [6, 6.07) is 9.05. The minimum atomic E-state index is -1.36. The zero-order valence-corrected chi connectivity index (χ0v) is 13.0. The summed E-state index contributed by atoms with van der Waals surface area (Å²) in [4.78, 5) is 12.1. The molecule has 1 unspecified atom stereocenters. The van der Waals surface area contributed by atoms with Gasteiger partial charge in [0, 0.05) is 18.2 Å². The molecular formula is C18H20O4. The molecule has 0 fully saturated rings. The van der Waals surface area contributed by atoms with E-state index >= 15 is 0 Å². The highest BCUT2D eigenvalue weighted by atomic mass is 16.6. The van der Waals surface area contributed by atoms with Crippen molar-refractivity contribution in [3.63, 3.8) is 0 Å². The third-order valence-electron chi connectivity index (χ3n) is 3.77. The molecular weight excluding hydrogens is 280 g/mol. The number of benzene rings is 1. The lowest BCUT2D eigenvalue weighted by Gasteiger charge is -2.32. The fraction of sp³-hybridized carbons (Fsp3) is 0.278. The maximum atomic E-state index is 12.1. The number of aliphatic hydroxyl groups is 1. The minimum Gasteiger partial charge on any atom is -0.500 e. The molecule has 0 aliphatic heterocycles. The third kappa shape index (κ3) is 3.35. The Labute approximate surface area is 130 Å². The highest BCUT2D eigenvalue weighted by Crippen LogP contribution is 2.34. The third-order valence-corrected chi connectivity index (χ3v) is 3.77. The van der Waals surface area contributed by atoms with Gasteiger partial charge in [0.05, 0.1) is 13.5 Å². The van der Waals surface area contributed by atoms with Crippen LogP contribution in [0, 0.1) is 0 Å². The fourth-order valence-corrected chi connectivity index (χ4v) is 2.31. The normalized spacial score (nSPS) is 21.9. The van der Waals surface area contributed by atoms with Crippen LogP contribution in [0.2, 0.25) is 0 Å². The first-order valence-corrected chi connectivity index (χ1v) is 7.01. The van der Waals surface area contributed by atoms with Crippen LogP contribution in [-0.4, -0.2) is 30.9 Å². The van der Waals surface area contributed by atoms with E-state index in [-0.39, 0.29) is 12.2 Å². The van der Waals surface area contributed by atoms with Crippen LogP contribution in [0.15, 0.2) is 65.5 Å². The average molecular weight is 300 g/mol. The molecule has 0 radical (unpaired) electrons. The molecule has 0 saturated carbocycles. The van der Waals surface area contributed by atoms with E-state index in [9.17, 15) is 9.90 Å². The molecule has 116 valence electrons. The summed E-state index contributed by atoms with van der Waals surface area (Å²) in [7, 11) is 2.98. The highest BCUT2D eigenvalue weighted by molar-refractivity contribution is 6.04. The summed E-state index contributed by atoms with van der Waals surface area (Å²) < 4.78 is 10.5. The van der Waals surface area contributed by atoms with Crippen molar-refractivity contribution in [2.75, 3.05) is 14.2 Å². The van der Waals surface area contributed by atoms with Gasteiger partial charge in [-0.3, -0.25) is 4.79 Å². The minimum absolute atomic E-state index is 0.0813. The van der Waals surface area contributed by atoms with Crippen molar-refractivity contribution in [2.45, 2.75) is 19.1 Å². The Balaban J connectivity index is 2.25. The number of methoxy groups -OCH3 is 2. The number of ketones is 1. The monoisotopic (exact) mass is 300 g/mol. The molecule has 0 spiro atoms. The Bertz CT molecular complexity index is 640. The van der Waals surface area contributed by atoms with Crippen molar-refractivity contribution in [1.82, 2.24) is 0 Å². The smallest absolute Gasteiger partial charge is 0.195 e. The number of rotatable bonds is 5. The van der Waals surface area contributed by atoms with Gasteiger partial charge in [0.1, 0.15) is 5.76 Å². The van der Waals surface area contributed by atoms with E-state index in [1.165, 1.54) is 20.3 Å². The second-order valence-electron chi connectivity index (χ2n) is 5.14. The zero-order chi connectivity index (χ0) is 16.2. The SMILES string of the molecule is COC1=C(C=CC(=O)c2ccccc2)C=C(C)C(O)(OC)C1. The Morgan fingerprint density at radius 3 is 2.55 bits per heavy atom. The topological polar surface area (TPSA) is 55.8 Å². The largest absolute Gasteiger partial charge is 0.500 e. The molecule has 4 heteroatoms. The summed E-state index contributed by atoms with van der Waals surface area (Å²) in [5, 5.41) is 10.3. The molecule has 0 heterocycles. The van der Waals surface area contributed by atoms with Gasteiger partial charge in [0.15, 0.2) is 11.6 Å². The van der Waals surface area contributed by atoms with E-state index in [4.69, 9.17) is 9.47 Å². The van der Waals surface area contributed by atoms with Crippen LogP contribution < -0.4 is 0 Å². The van der Waals surface area contributed by atoms with Gasteiger partial charge in [-0.25, -0.2) is 0 Å². The first kappa shape index (κ1) is 16.2. The molecule has 1 aromatic carbocycles. The van der Waals surface area contributed by atoms with Crippen LogP contribution in [0.1, 0.15) is 23.7 Å². The first-order chi connectivity index (χ1) is 10.5. The lowest BCUT2D eigenvalue weighted by atomic mass is 9.92. The molecule has 0 amide bonds. The zero-order valence-electron chi connectivity index (χ0n) is 13.0. The summed E-state index contributed by atoms with van der Waals surface area (Å²) in [6.45, 7) is 1.78. The predicted molar refractivity (Wildman–Crippen MR) is 84.3 cm³/mol. The quantitative estimate of drug-likeness (QED) is 0.516. The highest BCUT2D eigenvalue weighted by Gasteiger charge is 2.34. The Hall–Kier alpha value is -2.17. The Kier molecular flexibility index (Phi) is 4.96. The van der Waals surface area contributed by atoms with Crippen molar-refractivity contribution < 1.29 is 19.4 Å². The molecule has 1 atom stereocenters. The molecule has 1 aromatic rings. The average Bonchev–Trinajstić information content (AvgIpc) is 2.56. The van der Waals surface area contributed by atoms with Gasteiger partial charge in [-0.05, 0) is 30.7 Å². The standard InChI is InChI=1S/C18H20O4/c1-13-11-15(17(21-2)12-18(13,20)22-3)9-10-16(19)14-7-5-4-6-8-14/h4-11,20H,12H2,1-3H3. The Morgan fingerprint density at radius 1 is 1.27 bits per heavy atom. The molecule has 22 heavy (non-hydrogen) atoms. The number of carbonyl (C=O) groups is 1. The van der Waals surface area contributed by atoms with Gasteiger partial charge in [0.25, 0.3) is 0 Å². The molecule has 1 aliphatic carbocycles. The molecule has 2 rings (SSSR count). The molecule has 0 saturated heterocycles. The predicted octanol–water partition coefficient (Wildman–Crippen LogP) is 3.01. The Morgan fingerprint density at radius 2 is 1.95 bits per heavy atom. The lowest BCUT2D eigenvalue weighted by Crippen LogP contribution is -2.35. The van der Waals surface area contributed by atoms with Gasteiger partial charge in [-0.1, -0.05) is 30.3 Å². The van der Waals surface area contributed by atoms with E-state index < -0.39 is 5.79 Å². The molecule has 1 N–H and O–H groups in total. The summed E-state index contributed by atoms with van der Waals surface area (Å²) >= 11 is 0. The fourth-order valence-electron chi connectivity index (χ4n) is 2.31. The van der Waals surface area contributed by atoms with Crippen LogP contribution in [0.4, 0.5) is 0 Å². The summed E-state index contributed by atoms with van der Waals surface area (Å²) in [6.07, 6.45) is 5.18. The van der Waals surface area contributed by atoms with Crippen LogP contribution in [0.3, 0.4) is 0 Å². The summed E-state index contributed by atoms with van der Waals surface area (Å²) in [5.41, 5.74) is 2.05. The first-order valence-electron chi connectivity index (χ1n) is 7.01. The van der Waals surface area contributed by atoms with Gasteiger partial charge >= 0.3 is 0 Å². The molecule has 4 nitrogen and oxygen atoms in total. The summed E-state index contributed by atoms with van der Waals surface area (Å²) in [5.74, 6) is -0.860. The maximum Gasteiger partial charge on any atom is 0.195 e. The number of ether oxygens (including phenoxy) is 2. The second kappa shape index (κ2) is 6.73. The van der Waals surface area contributed by atoms with Crippen molar-refractivity contribution in [1.29, 1.82) is 0 Å². The van der Waals surface area contributed by atoms with Crippen LogP contribution in [0.25, 0.3) is 0 Å².